The van der Waals surface area contributed by atoms with E-state index in [1.165, 1.54) is 13.5 Å². The normalized spacial score (nSPS) is 25.9. The van der Waals surface area contributed by atoms with Crippen LogP contribution in [0.15, 0.2) is 11.3 Å². The van der Waals surface area contributed by atoms with Gasteiger partial charge in [0.2, 0.25) is 0 Å². The van der Waals surface area contributed by atoms with Gasteiger partial charge in [0.1, 0.15) is 0 Å². The quantitative estimate of drug-likeness (QED) is 0.584. The summed E-state index contributed by atoms with van der Waals surface area (Å²) in [5.41, 5.74) is -0.344. The molecule has 1 aliphatic heterocycles. The molecule has 17 heavy (non-hydrogen) atoms. The lowest BCUT2D eigenvalue weighted by atomic mass is 9.84. The highest BCUT2D eigenvalue weighted by molar-refractivity contribution is 6.15. The van der Waals surface area contributed by atoms with Crippen LogP contribution in [0.25, 0.3) is 0 Å². The molecule has 0 aromatic heterocycles. The van der Waals surface area contributed by atoms with Crippen molar-refractivity contribution < 1.29 is 24.2 Å². The SMILES string of the molecule is COC(=O)C1=C(O)C(C2CCCCC2)OC1=O. The van der Waals surface area contributed by atoms with E-state index in [1.807, 2.05) is 0 Å². The molecule has 1 N–H and O–H groups in total. The average Bonchev–Trinajstić information content (AvgIpc) is 2.65. The topological polar surface area (TPSA) is 72.8 Å². The number of rotatable bonds is 2. The Hall–Kier alpha value is -1.52. The van der Waals surface area contributed by atoms with Crippen LogP contribution < -0.4 is 0 Å². The van der Waals surface area contributed by atoms with E-state index in [0.717, 1.165) is 25.7 Å². The molecular weight excluding hydrogens is 224 g/mol. The molecular formula is C12H16O5. The Morgan fingerprint density at radius 1 is 1.35 bits per heavy atom. The second-order valence-corrected chi connectivity index (χ2v) is 4.48. The zero-order chi connectivity index (χ0) is 12.4. The van der Waals surface area contributed by atoms with Gasteiger partial charge in [0.05, 0.1) is 7.11 Å². The van der Waals surface area contributed by atoms with Crippen molar-refractivity contribution in [1.29, 1.82) is 0 Å². The highest BCUT2D eigenvalue weighted by Gasteiger charge is 2.43. The second kappa shape index (κ2) is 4.77. The Balaban J connectivity index is 2.18. The maximum atomic E-state index is 11.5. The van der Waals surface area contributed by atoms with Crippen molar-refractivity contribution in [3.63, 3.8) is 0 Å². The molecule has 1 saturated carbocycles. The van der Waals surface area contributed by atoms with E-state index in [0.29, 0.717) is 0 Å². The van der Waals surface area contributed by atoms with E-state index in [9.17, 15) is 14.7 Å². The average molecular weight is 240 g/mol. The third-order valence-corrected chi connectivity index (χ3v) is 3.43. The first-order chi connectivity index (χ1) is 8.15. The predicted octanol–water partition coefficient (Wildman–Crippen LogP) is 1.48. The van der Waals surface area contributed by atoms with Crippen molar-refractivity contribution in [3.8, 4) is 0 Å². The fourth-order valence-electron chi connectivity index (χ4n) is 2.52. The van der Waals surface area contributed by atoms with Crippen LogP contribution in [0.5, 0.6) is 0 Å². The summed E-state index contributed by atoms with van der Waals surface area (Å²) >= 11 is 0. The molecule has 1 fully saturated rings. The third kappa shape index (κ3) is 2.14. The van der Waals surface area contributed by atoms with E-state index in [2.05, 4.69) is 4.74 Å². The van der Waals surface area contributed by atoms with Gasteiger partial charge in [0.25, 0.3) is 0 Å². The molecule has 1 unspecified atom stereocenters. The van der Waals surface area contributed by atoms with Gasteiger partial charge in [-0.2, -0.15) is 0 Å². The Bertz CT molecular complexity index is 365. The molecule has 0 bridgehead atoms. The molecule has 0 spiro atoms. The fraction of sp³-hybridized carbons (Fsp3) is 0.667. The highest BCUT2D eigenvalue weighted by atomic mass is 16.6. The minimum Gasteiger partial charge on any atom is -0.507 e. The van der Waals surface area contributed by atoms with Crippen LogP contribution in [-0.4, -0.2) is 30.3 Å². The van der Waals surface area contributed by atoms with Crippen LogP contribution in [0.3, 0.4) is 0 Å². The lowest BCUT2D eigenvalue weighted by Crippen LogP contribution is -2.25. The van der Waals surface area contributed by atoms with Crippen molar-refractivity contribution in [2.24, 2.45) is 5.92 Å². The number of hydrogen-bond acceptors (Lipinski definition) is 5. The summed E-state index contributed by atoms with van der Waals surface area (Å²) in [5.74, 6) is -1.74. The molecule has 0 aromatic carbocycles. The summed E-state index contributed by atoms with van der Waals surface area (Å²) < 4.78 is 9.54. The third-order valence-electron chi connectivity index (χ3n) is 3.43. The van der Waals surface area contributed by atoms with Crippen molar-refractivity contribution in [3.05, 3.63) is 11.3 Å². The molecule has 5 heteroatoms. The minimum absolute atomic E-state index is 0.120. The molecule has 0 radical (unpaired) electrons. The number of hydrogen-bond donors (Lipinski definition) is 1. The van der Waals surface area contributed by atoms with Gasteiger partial charge >= 0.3 is 11.9 Å². The van der Waals surface area contributed by atoms with Gasteiger partial charge in [0.15, 0.2) is 17.4 Å². The standard InChI is InChI=1S/C12H16O5/c1-16-11(14)8-9(13)10(17-12(8)15)7-5-3-2-4-6-7/h7,10,13H,2-6H2,1H3. The van der Waals surface area contributed by atoms with Crippen LogP contribution in [0.1, 0.15) is 32.1 Å². The summed E-state index contributed by atoms with van der Waals surface area (Å²) in [6, 6.07) is 0. The maximum absolute atomic E-state index is 11.5. The van der Waals surface area contributed by atoms with Gasteiger partial charge in [-0.15, -0.1) is 0 Å². The molecule has 1 aliphatic carbocycles. The number of aliphatic hydroxyl groups excluding tert-OH is 1. The van der Waals surface area contributed by atoms with Gasteiger partial charge in [-0.05, 0) is 12.8 Å². The minimum atomic E-state index is -0.828. The lowest BCUT2D eigenvalue weighted by Gasteiger charge is -2.26. The maximum Gasteiger partial charge on any atom is 0.349 e. The van der Waals surface area contributed by atoms with Gasteiger partial charge in [0, 0.05) is 5.92 Å². The smallest absolute Gasteiger partial charge is 0.349 e. The van der Waals surface area contributed by atoms with E-state index >= 15 is 0 Å². The summed E-state index contributed by atoms with van der Waals surface area (Å²) in [6.07, 6.45) is 4.48. The van der Waals surface area contributed by atoms with Crippen molar-refractivity contribution in [1.82, 2.24) is 0 Å². The van der Waals surface area contributed by atoms with E-state index in [4.69, 9.17) is 4.74 Å². The molecule has 0 saturated heterocycles. The van der Waals surface area contributed by atoms with Crippen LogP contribution in [0.2, 0.25) is 0 Å². The van der Waals surface area contributed by atoms with E-state index in [1.54, 1.807) is 0 Å². The Kier molecular flexibility index (Phi) is 3.36. The summed E-state index contributed by atoms with van der Waals surface area (Å²) in [4.78, 5) is 22.8. The molecule has 0 aromatic rings. The number of carbonyl (C=O) groups is 2. The highest BCUT2D eigenvalue weighted by Crippen LogP contribution is 2.35. The van der Waals surface area contributed by atoms with Crippen molar-refractivity contribution >= 4 is 11.9 Å². The zero-order valence-electron chi connectivity index (χ0n) is 9.77. The van der Waals surface area contributed by atoms with Crippen LogP contribution in [0.4, 0.5) is 0 Å². The van der Waals surface area contributed by atoms with Gasteiger partial charge in [-0.1, -0.05) is 19.3 Å². The summed E-state index contributed by atoms with van der Waals surface area (Å²) in [7, 11) is 1.17. The number of carbonyl (C=O) groups excluding carboxylic acids is 2. The predicted molar refractivity (Wildman–Crippen MR) is 58.1 cm³/mol. The number of methoxy groups -OCH3 is 1. The Morgan fingerprint density at radius 2 is 2.00 bits per heavy atom. The zero-order valence-corrected chi connectivity index (χ0v) is 9.77. The van der Waals surface area contributed by atoms with Crippen molar-refractivity contribution in [2.45, 2.75) is 38.2 Å². The van der Waals surface area contributed by atoms with E-state index in [-0.39, 0.29) is 17.3 Å². The second-order valence-electron chi connectivity index (χ2n) is 4.48. The molecule has 1 heterocycles. The van der Waals surface area contributed by atoms with Crippen LogP contribution in [0, 0.1) is 5.92 Å². The number of cyclic esters (lactones) is 1. The van der Waals surface area contributed by atoms with Gasteiger partial charge in [-0.3, -0.25) is 0 Å². The van der Waals surface area contributed by atoms with Crippen molar-refractivity contribution in [2.75, 3.05) is 7.11 Å². The molecule has 5 nitrogen and oxygen atoms in total. The molecule has 0 amide bonds. The number of aliphatic hydroxyl groups is 1. The number of ether oxygens (including phenoxy) is 2. The van der Waals surface area contributed by atoms with Gasteiger partial charge < -0.3 is 14.6 Å². The van der Waals surface area contributed by atoms with E-state index < -0.39 is 18.0 Å². The largest absolute Gasteiger partial charge is 0.507 e. The molecule has 2 aliphatic rings. The Labute approximate surface area is 99.4 Å². The van der Waals surface area contributed by atoms with Crippen LogP contribution in [-0.2, 0) is 19.1 Å². The number of esters is 2. The molecule has 1 atom stereocenters. The molecule has 94 valence electrons. The van der Waals surface area contributed by atoms with Crippen LogP contribution >= 0.6 is 0 Å². The first-order valence-corrected chi connectivity index (χ1v) is 5.87. The summed E-state index contributed by atoms with van der Waals surface area (Å²) in [5, 5.41) is 9.91. The monoisotopic (exact) mass is 240 g/mol. The first kappa shape index (κ1) is 12.0. The van der Waals surface area contributed by atoms with Gasteiger partial charge in [-0.25, -0.2) is 9.59 Å². The molecule has 2 rings (SSSR count). The fourth-order valence-corrected chi connectivity index (χ4v) is 2.52. The Morgan fingerprint density at radius 3 is 2.59 bits per heavy atom. The first-order valence-electron chi connectivity index (χ1n) is 5.87. The summed E-state index contributed by atoms with van der Waals surface area (Å²) in [6.45, 7) is 0. The lowest BCUT2D eigenvalue weighted by molar-refractivity contribution is -0.146.